The standard InChI is InChI=1S/C14H19NO4/c1-4-19-14(16)15-8-10-5-9-6-12(17-2)13(18-3)7-11(9)10/h6-7,10H,4-5,8H2,1-3H3,(H,15,16)/t10-/m1/s1. The highest BCUT2D eigenvalue weighted by molar-refractivity contribution is 5.67. The first-order chi connectivity index (χ1) is 9.19. The third-order valence-corrected chi connectivity index (χ3v) is 3.32. The molecule has 2 rings (SSSR count). The van der Waals surface area contributed by atoms with Crippen LogP contribution in [0.1, 0.15) is 24.0 Å². The van der Waals surface area contributed by atoms with E-state index in [0.717, 1.165) is 17.9 Å². The summed E-state index contributed by atoms with van der Waals surface area (Å²) in [6, 6.07) is 3.98. The van der Waals surface area contributed by atoms with Crippen LogP contribution >= 0.6 is 0 Å². The van der Waals surface area contributed by atoms with E-state index in [1.54, 1.807) is 21.1 Å². The highest BCUT2D eigenvalue weighted by Gasteiger charge is 2.28. The maximum absolute atomic E-state index is 11.2. The molecule has 1 amide bonds. The number of carbonyl (C=O) groups is 1. The van der Waals surface area contributed by atoms with E-state index in [0.29, 0.717) is 19.1 Å². The molecule has 1 N–H and O–H groups in total. The molecule has 1 aliphatic rings. The third kappa shape index (κ3) is 2.75. The van der Waals surface area contributed by atoms with Crippen molar-refractivity contribution >= 4 is 6.09 Å². The van der Waals surface area contributed by atoms with Crippen LogP contribution in [0.4, 0.5) is 4.79 Å². The number of hydrogen-bond acceptors (Lipinski definition) is 4. The van der Waals surface area contributed by atoms with Crippen LogP contribution in [0.15, 0.2) is 12.1 Å². The van der Waals surface area contributed by atoms with Crippen LogP contribution in [-0.4, -0.2) is 33.5 Å². The zero-order valence-electron chi connectivity index (χ0n) is 11.5. The fraction of sp³-hybridized carbons (Fsp3) is 0.500. The van der Waals surface area contributed by atoms with E-state index < -0.39 is 0 Å². The number of carbonyl (C=O) groups excluding carboxylic acids is 1. The van der Waals surface area contributed by atoms with E-state index >= 15 is 0 Å². The Kier molecular flexibility index (Phi) is 4.14. The molecule has 5 heteroatoms. The van der Waals surface area contributed by atoms with Crippen LogP contribution in [0.3, 0.4) is 0 Å². The third-order valence-electron chi connectivity index (χ3n) is 3.32. The first kappa shape index (κ1) is 13.5. The van der Waals surface area contributed by atoms with Gasteiger partial charge in [0.25, 0.3) is 0 Å². The summed E-state index contributed by atoms with van der Waals surface area (Å²) in [4.78, 5) is 11.2. The number of ether oxygens (including phenoxy) is 3. The van der Waals surface area contributed by atoms with Crippen molar-refractivity contribution in [2.45, 2.75) is 19.3 Å². The Hall–Kier alpha value is -1.91. The smallest absolute Gasteiger partial charge is 0.407 e. The number of rotatable bonds is 5. The molecule has 0 aromatic heterocycles. The van der Waals surface area contributed by atoms with E-state index in [1.165, 1.54) is 11.1 Å². The summed E-state index contributed by atoms with van der Waals surface area (Å²) in [7, 11) is 3.25. The molecule has 104 valence electrons. The Labute approximate surface area is 112 Å². The summed E-state index contributed by atoms with van der Waals surface area (Å²) >= 11 is 0. The van der Waals surface area contributed by atoms with Crippen LogP contribution in [0.2, 0.25) is 0 Å². The first-order valence-electron chi connectivity index (χ1n) is 6.35. The van der Waals surface area contributed by atoms with Gasteiger partial charge in [0.15, 0.2) is 11.5 Å². The largest absolute Gasteiger partial charge is 0.493 e. The van der Waals surface area contributed by atoms with Crippen LogP contribution < -0.4 is 14.8 Å². The predicted octanol–water partition coefficient (Wildman–Crippen LogP) is 2.09. The quantitative estimate of drug-likeness (QED) is 0.885. The summed E-state index contributed by atoms with van der Waals surface area (Å²) in [5, 5.41) is 2.76. The van der Waals surface area contributed by atoms with E-state index in [9.17, 15) is 4.79 Å². The number of alkyl carbamates (subject to hydrolysis) is 1. The second kappa shape index (κ2) is 5.82. The summed E-state index contributed by atoms with van der Waals surface area (Å²) in [6.45, 7) is 2.76. The van der Waals surface area contributed by atoms with Gasteiger partial charge in [-0.05, 0) is 36.6 Å². The van der Waals surface area contributed by atoms with Crippen molar-refractivity contribution in [3.05, 3.63) is 23.3 Å². The molecule has 5 nitrogen and oxygen atoms in total. The number of methoxy groups -OCH3 is 2. The molecule has 0 unspecified atom stereocenters. The molecule has 1 aliphatic carbocycles. The molecule has 0 fully saturated rings. The van der Waals surface area contributed by atoms with Gasteiger partial charge < -0.3 is 19.5 Å². The van der Waals surface area contributed by atoms with Gasteiger partial charge in [-0.3, -0.25) is 0 Å². The Morgan fingerprint density at radius 2 is 2.00 bits per heavy atom. The van der Waals surface area contributed by atoms with Crippen molar-refractivity contribution in [2.75, 3.05) is 27.4 Å². The monoisotopic (exact) mass is 265 g/mol. The molecule has 19 heavy (non-hydrogen) atoms. The SMILES string of the molecule is CCOC(=O)NC[C@H]1Cc2cc(OC)c(OC)cc21. The maximum Gasteiger partial charge on any atom is 0.407 e. The highest BCUT2D eigenvalue weighted by atomic mass is 16.5. The van der Waals surface area contributed by atoms with Gasteiger partial charge in [-0.1, -0.05) is 0 Å². The van der Waals surface area contributed by atoms with Crippen LogP contribution in [0.5, 0.6) is 11.5 Å². The van der Waals surface area contributed by atoms with Crippen molar-refractivity contribution in [1.82, 2.24) is 5.32 Å². The molecule has 0 heterocycles. The Morgan fingerprint density at radius 1 is 1.32 bits per heavy atom. The topological polar surface area (TPSA) is 56.8 Å². The minimum absolute atomic E-state index is 0.319. The van der Waals surface area contributed by atoms with Gasteiger partial charge in [-0.15, -0.1) is 0 Å². The van der Waals surface area contributed by atoms with Gasteiger partial charge >= 0.3 is 6.09 Å². The number of fused-ring (bicyclic) bond motifs is 1. The average molecular weight is 265 g/mol. The molecule has 1 atom stereocenters. The second-order valence-corrected chi connectivity index (χ2v) is 4.41. The molecular weight excluding hydrogens is 246 g/mol. The van der Waals surface area contributed by atoms with Gasteiger partial charge in [-0.25, -0.2) is 4.79 Å². The van der Waals surface area contributed by atoms with Crippen molar-refractivity contribution in [1.29, 1.82) is 0 Å². The van der Waals surface area contributed by atoms with Crippen LogP contribution in [-0.2, 0) is 11.2 Å². The van der Waals surface area contributed by atoms with E-state index in [4.69, 9.17) is 14.2 Å². The van der Waals surface area contributed by atoms with Crippen LogP contribution in [0.25, 0.3) is 0 Å². The molecule has 0 bridgehead atoms. The summed E-state index contributed by atoms with van der Waals surface area (Å²) in [5.41, 5.74) is 2.45. The minimum atomic E-state index is -0.364. The zero-order valence-corrected chi connectivity index (χ0v) is 11.5. The van der Waals surface area contributed by atoms with Crippen molar-refractivity contribution in [2.24, 2.45) is 0 Å². The van der Waals surface area contributed by atoms with Crippen LogP contribution in [0, 0.1) is 0 Å². The first-order valence-corrected chi connectivity index (χ1v) is 6.35. The maximum atomic E-state index is 11.2. The lowest BCUT2D eigenvalue weighted by Crippen LogP contribution is -2.33. The van der Waals surface area contributed by atoms with E-state index in [1.807, 2.05) is 12.1 Å². The normalized spacial score (nSPS) is 16.1. The fourth-order valence-electron chi connectivity index (χ4n) is 2.31. The van der Waals surface area contributed by atoms with Gasteiger partial charge in [0.1, 0.15) is 0 Å². The summed E-state index contributed by atoms with van der Waals surface area (Å²) < 4.78 is 15.4. The number of amides is 1. The van der Waals surface area contributed by atoms with Gasteiger partial charge in [0, 0.05) is 12.5 Å². The molecule has 0 aliphatic heterocycles. The van der Waals surface area contributed by atoms with Gasteiger partial charge in [-0.2, -0.15) is 0 Å². The van der Waals surface area contributed by atoms with Crippen molar-refractivity contribution in [3.63, 3.8) is 0 Å². The van der Waals surface area contributed by atoms with Gasteiger partial charge in [0.2, 0.25) is 0 Å². The predicted molar refractivity (Wildman–Crippen MR) is 71.0 cm³/mol. The van der Waals surface area contributed by atoms with E-state index in [-0.39, 0.29) is 6.09 Å². The van der Waals surface area contributed by atoms with Crippen molar-refractivity contribution in [3.8, 4) is 11.5 Å². The average Bonchev–Trinajstić information content (AvgIpc) is 2.39. The van der Waals surface area contributed by atoms with Gasteiger partial charge in [0.05, 0.1) is 20.8 Å². The molecule has 0 saturated heterocycles. The Bertz CT molecular complexity index is 473. The molecule has 0 radical (unpaired) electrons. The lowest BCUT2D eigenvalue weighted by Gasteiger charge is -2.31. The molecule has 1 aromatic carbocycles. The number of benzene rings is 1. The second-order valence-electron chi connectivity index (χ2n) is 4.41. The van der Waals surface area contributed by atoms with Crippen molar-refractivity contribution < 1.29 is 19.0 Å². The molecule has 1 aromatic rings. The lowest BCUT2D eigenvalue weighted by atomic mass is 9.77. The summed E-state index contributed by atoms with van der Waals surface area (Å²) in [6.07, 6.45) is 0.568. The molecule has 0 spiro atoms. The number of hydrogen-bond donors (Lipinski definition) is 1. The minimum Gasteiger partial charge on any atom is -0.493 e. The summed E-state index contributed by atoms with van der Waals surface area (Å²) in [5.74, 6) is 1.79. The Balaban J connectivity index is 2.00. The number of nitrogens with one attached hydrogen (secondary N) is 1. The Morgan fingerprint density at radius 3 is 2.63 bits per heavy atom. The molecule has 0 saturated carbocycles. The molecular formula is C14H19NO4. The lowest BCUT2D eigenvalue weighted by molar-refractivity contribution is 0.151. The highest BCUT2D eigenvalue weighted by Crippen LogP contribution is 2.41. The van der Waals surface area contributed by atoms with E-state index in [2.05, 4.69) is 5.32 Å². The fourth-order valence-corrected chi connectivity index (χ4v) is 2.31. The zero-order chi connectivity index (χ0) is 13.8.